The molecule has 0 spiro atoms. The molecule has 2 aromatic rings. The summed E-state index contributed by atoms with van der Waals surface area (Å²) in [6.07, 6.45) is 0. The van der Waals surface area contributed by atoms with Crippen LogP contribution in [0.3, 0.4) is 0 Å². The highest BCUT2D eigenvalue weighted by atomic mass is 16.5. The number of fused-ring (bicyclic) bond motifs is 1. The average Bonchev–Trinajstić information content (AvgIpc) is 2.50. The van der Waals surface area contributed by atoms with Crippen molar-refractivity contribution in [1.82, 2.24) is 9.47 Å². The molecule has 21 heavy (non-hydrogen) atoms. The molecule has 0 atom stereocenters. The lowest BCUT2D eigenvalue weighted by Gasteiger charge is -2.17. The van der Waals surface area contributed by atoms with E-state index in [2.05, 4.69) is 17.3 Å². The molecule has 1 aromatic carbocycles. The number of benzene rings is 1. The van der Waals surface area contributed by atoms with Crippen molar-refractivity contribution >= 4 is 16.6 Å². The molecule has 0 radical (unpaired) electrons. The van der Waals surface area contributed by atoms with Crippen molar-refractivity contribution in [2.24, 2.45) is 7.05 Å². The molecule has 5 nitrogen and oxygen atoms in total. The summed E-state index contributed by atoms with van der Waals surface area (Å²) >= 11 is 0. The topological polar surface area (TPSA) is 46.5 Å². The van der Waals surface area contributed by atoms with E-state index in [0.29, 0.717) is 0 Å². The van der Waals surface area contributed by atoms with E-state index < -0.39 is 0 Å². The van der Waals surface area contributed by atoms with E-state index in [1.165, 1.54) is 0 Å². The van der Waals surface area contributed by atoms with Crippen molar-refractivity contribution in [3.63, 3.8) is 0 Å². The van der Waals surface area contributed by atoms with Crippen LogP contribution in [0.25, 0.3) is 10.9 Å². The molecule has 114 valence electrons. The zero-order valence-corrected chi connectivity index (χ0v) is 12.9. The minimum atomic E-state index is 0.00365. The maximum Gasteiger partial charge on any atom is 0.252 e. The number of hydrogen-bond donors (Lipinski definition) is 1. The minimum Gasteiger partial charge on any atom is -0.383 e. The van der Waals surface area contributed by atoms with Crippen LogP contribution in [0.4, 0.5) is 5.69 Å². The van der Waals surface area contributed by atoms with Crippen molar-refractivity contribution in [2.45, 2.75) is 0 Å². The molecule has 0 aliphatic heterocycles. The van der Waals surface area contributed by atoms with Crippen molar-refractivity contribution in [3.8, 4) is 0 Å². The third kappa shape index (κ3) is 3.83. The van der Waals surface area contributed by atoms with Gasteiger partial charge in [0.2, 0.25) is 0 Å². The first-order valence-electron chi connectivity index (χ1n) is 7.13. The minimum absolute atomic E-state index is 0.00365. The van der Waals surface area contributed by atoms with Gasteiger partial charge in [0.05, 0.1) is 12.1 Å². The smallest absolute Gasteiger partial charge is 0.252 e. The van der Waals surface area contributed by atoms with Gasteiger partial charge in [-0.25, -0.2) is 0 Å². The van der Waals surface area contributed by atoms with E-state index >= 15 is 0 Å². The summed E-state index contributed by atoms with van der Waals surface area (Å²) in [6.45, 7) is 3.31. The van der Waals surface area contributed by atoms with Crippen molar-refractivity contribution in [1.29, 1.82) is 0 Å². The Kier molecular flexibility index (Phi) is 5.36. The Morgan fingerprint density at radius 3 is 2.81 bits per heavy atom. The van der Waals surface area contributed by atoms with Crippen LogP contribution in [-0.2, 0) is 11.8 Å². The monoisotopic (exact) mass is 289 g/mol. The molecular weight excluding hydrogens is 266 g/mol. The average molecular weight is 289 g/mol. The quantitative estimate of drug-likeness (QED) is 0.839. The first kappa shape index (κ1) is 15.5. The van der Waals surface area contributed by atoms with Gasteiger partial charge < -0.3 is 19.5 Å². The number of likely N-dealkylation sites (N-methyl/N-ethyl adjacent to an activating group) is 1. The Labute approximate surface area is 125 Å². The molecule has 0 saturated carbocycles. The highest BCUT2D eigenvalue weighted by Crippen LogP contribution is 2.20. The number of methoxy groups -OCH3 is 1. The Balaban J connectivity index is 2.09. The molecule has 1 N–H and O–H groups in total. The van der Waals surface area contributed by atoms with E-state index in [9.17, 15) is 4.79 Å². The number of aromatic nitrogens is 1. The first-order chi connectivity index (χ1) is 10.1. The molecule has 1 heterocycles. The summed E-state index contributed by atoms with van der Waals surface area (Å²) in [6, 6.07) is 9.60. The molecule has 0 amide bonds. The maximum atomic E-state index is 12.0. The molecule has 0 unspecified atom stereocenters. The van der Waals surface area contributed by atoms with Gasteiger partial charge in [-0.2, -0.15) is 0 Å². The van der Waals surface area contributed by atoms with E-state index in [1.807, 2.05) is 24.3 Å². The van der Waals surface area contributed by atoms with Gasteiger partial charge in [0.15, 0.2) is 0 Å². The third-order valence-electron chi connectivity index (χ3n) is 3.64. The summed E-state index contributed by atoms with van der Waals surface area (Å²) < 4.78 is 6.73. The van der Waals surface area contributed by atoms with E-state index in [4.69, 9.17) is 4.74 Å². The van der Waals surface area contributed by atoms with Crippen LogP contribution >= 0.6 is 0 Å². The number of para-hydroxylation sites is 1. The number of nitrogens with zero attached hydrogens (tertiary/aromatic N) is 2. The Morgan fingerprint density at radius 2 is 2.05 bits per heavy atom. The van der Waals surface area contributed by atoms with E-state index in [-0.39, 0.29) is 5.56 Å². The van der Waals surface area contributed by atoms with Gasteiger partial charge in [-0.05, 0) is 13.1 Å². The first-order valence-corrected chi connectivity index (χ1v) is 7.13. The van der Waals surface area contributed by atoms with Crippen LogP contribution in [0.15, 0.2) is 35.1 Å². The highest BCUT2D eigenvalue weighted by molar-refractivity contribution is 5.91. The fourth-order valence-corrected chi connectivity index (χ4v) is 2.30. The number of hydrogen-bond acceptors (Lipinski definition) is 4. The summed E-state index contributed by atoms with van der Waals surface area (Å²) in [5, 5.41) is 4.44. The molecule has 5 heteroatoms. The van der Waals surface area contributed by atoms with Crippen LogP contribution < -0.4 is 10.9 Å². The van der Waals surface area contributed by atoms with Gasteiger partial charge in [-0.3, -0.25) is 4.79 Å². The molecule has 0 aliphatic rings. The standard InChI is InChI=1S/C16H23N3O2/c1-18(10-11-21-3)9-8-17-14-12-16(20)19(2)15-7-5-4-6-13(14)15/h4-7,12,17H,8-11H2,1-3H3. The predicted molar refractivity (Wildman–Crippen MR) is 87.1 cm³/mol. The zero-order valence-electron chi connectivity index (χ0n) is 12.9. The van der Waals surface area contributed by atoms with Gasteiger partial charge in [0.1, 0.15) is 0 Å². The second-order valence-electron chi connectivity index (χ2n) is 5.20. The van der Waals surface area contributed by atoms with Crippen LogP contribution in [0.1, 0.15) is 0 Å². The summed E-state index contributed by atoms with van der Waals surface area (Å²) in [7, 11) is 5.56. The molecule has 1 aromatic heterocycles. The van der Waals surface area contributed by atoms with Crippen LogP contribution in [-0.4, -0.2) is 49.9 Å². The molecule has 2 rings (SSSR count). The fourth-order valence-electron chi connectivity index (χ4n) is 2.30. The maximum absolute atomic E-state index is 12.0. The molecule has 0 fully saturated rings. The SMILES string of the molecule is COCCN(C)CCNc1cc(=O)n(C)c2ccccc12. The Bertz CT molecular complexity index is 652. The number of rotatable bonds is 7. The van der Waals surface area contributed by atoms with Crippen LogP contribution in [0.2, 0.25) is 0 Å². The third-order valence-corrected chi connectivity index (χ3v) is 3.64. The van der Waals surface area contributed by atoms with Crippen molar-refractivity contribution < 1.29 is 4.74 Å². The van der Waals surface area contributed by atoms with E-state index in [1.54, 1.807) is 24.8 Å². The van der Waals surface area contributed by atoms with Crippen LogP contribution in [0.5, 0.6) is 0 Å². The molecule has 0 bridgehead atoms. The highest BCUT2D eigenvalue weighted by Gasteiger charge is 2.06. The summed E-state index contributed by atoms with van der Waals surface area (Å²) in [5.74, 6) is 0. The number of anilines is 1. The lowest BCUT2D eigenvalue weighted by Crippen LogP contribution is -2.28. The second-order valence-corrected chi connectivity index (χ2v) is 5.20. The van der Waals surface area contributed by atoms with Gasteiger partial charge >= 0.3 is 0 Å². The number of aryl methyl sites for hydroxylation is 1. The zero-order chi connectivity index (χ0) is 15.2. The van der Waals surface area contributed by atoms with E-state index in [0.717, 1.165) is 42.8 Å². The summed E-state index contributed by atoms with van der Waals surface area (Å²) in [4.78, 5) is 14.2. The van der Waals surface area contributed by atoms with Crippen LogP contribution in [0, 0.1) is 0 Å². The van der Waals surface area contributed by atoms with Crippen molar-refractivity contribution in [2.75, 3.05) is 45.7 Å². The second kappa shape index (κ2) is 7.24. The summed E-state index contributed by atoms with van der Waals surface area (Å²) in [5.41, 5.74) is 1.85. The normalized spacial score (nSPS) is 11.2. The lowest BCUT2D eigenvalue weighted by atomic mass is 10.2. The predicted octanol–water partition coefficient (Wildman–Crippen LogP) is 1.53. The van der Waals surface area contributed by atoms with Gasteiger partial charge in [-0.15, -0.1) is 0 Å². The number of ether oxygens (including phenoxy) is 1. The Hall–Kier alpha value is -1.85. The van der Waals surface area contributed by atoms with Gasteiger partial charge in [0, 0.05) is 50.9 Å². The van der Waals surface area contributed by atoms with Gasteiger partial charge in [-0.1, -0.05) is 18.2 Å². The molecule has 0 aliphatic carbocycles. The number of pyridine rings is 1. The fraction of sp³-hybridized carbons (Fsp3) is 0.438. The van der Waals surface area contributed by atoms with Crippen molar-refractivity contribution in [3.05, 3.63) is 40.7 Å². The lowest BCUT2D eigenvalue weighted by molar-refractivity contribution is 0.163. The molecular formula is C16H23N3O2. The largest absolute Gasteiger partial charge is 0.383 e. The molecule has 0 saturated heterocycles. The number of nitrogens with one attached hydrogen (secondary N) is 1. The van der Waals surface area contributed by atoms with Gasteiger partial charge in [0.25, 0.3) is 5.56 Å². The Morgan fingerprint density at radius 1 is 1.29 bits per heavy atom.